The van der Waals surface area contributed by atoms with Crippen LogP contribution < -0.4 is 14.8 Å². The Morgan fingerprint density at radius 2 is 2.00 bits per heavy atom. The molecule has 0 aliphatic heterocycles. The zero-order chi connectivity index (χ0) is 13.7. The van der Waals surface area contributed by atoms with Crippen LogP contribution in [0.4, 0.5) is 5.13 Å². The number of nitrogens with zero attached hydrogens (tertiary/aromatic N) is 1. The van der Waals surface area contributed by atoms with Crippen LogP contribution in [0.2, 0.25) is 0 Å². The first-order valence-corrected chi connectivity index (χ1v) is 7.02. The number of rotatable bonds is 6. The van der Waals surface area contributed by atoms with Gasteiger partial charge in [-0.1, -0.05) is 18.3 Å². The zero-order valence-electron chi connectivity index (χ0n) is 11.4. The Hall–Kier alpha value is -1.75. The maximum absolute atomic E-state index is 5.31. The van der Waals surface area contributed by atoms with Crippen molar-refractivity contribution in [1.82, 2.24) is 4.98 Å². The average Bonchev–Trinajstić information content (AvgIpc) is 2.93. The maximum atomic E-state index is 5.31. The quantitative estimate of drug-likeness (QED) is 0.876. The minimum absolute atomic E-state index is 0.733. The summed E-state index contributed by atoms with van der Waals surface area (Å²) in [5, 5.41) is 4.24. The second-order valence-corrected chi connectivity index (χ2v) is 5.06. The minimum Gasteiger partial charge on any atom is -0.493 e. The predicted molar refractivity (Wildman–Crippen MR) is 79.4 cm³/mol. The van der Waals surface area contributed by atoms with E-state index in [2.05, 4.69) is 17.2 Å². The van der Waals surface area contributed by atoms with E-state index in [0.717, 1.165) is 40.0 Å². The van der Waals surface area contributed by atoms with Crippen molar-refractivity contribution < 1.29 is 9.47 Å². The molecular weight excluding hydrogens is 260 g/mol. The summed E-state index contributed by atoms with van der Waals surface area (Å²) in [6.07, 6.45) is 2.97. The summed E-state index contributed by atoms with van der Waals surface area (Å²) in [5.74, 6) is 1.47. The standard InChI is InChI=1S/C14H18N2O2S/c1-4-7-15-14-16-9-13(19-14)10-5-6-11(17-2)12(8-10)18-3/h5-6,8-9H,4,7H2,1-3H3,(H,15,16). The van der Waals surface area contributed by atoms with E-state index in [-0.39, 0.29) is 0 Å². The lowest BCUT2D eigenvalue weighted by Gasteiger charge is -2.08. The third-order valence-corrected chi connectivity index (χ3v) is 3.70. The number of methoxy groups -OCH3 is 2. The lowest BCUT2D eigenvalue weighted by Crippen LogP contribution is -1.97. The molecule has 0 fully saturated rings. The van der Waals surface area contributed by atoms with E-state index in [9.17, 15) is 0 Å². The van der Waals surface area contributed by atoms with E-state index < -0.39 is 0 Å². The van der Waals surface area contributed by atoms with Gasteiger partial charge in [-0.15, -0.1) is 0 Å². The van der Waals surface area contributed by atoms with E-state index in [1.165, 1.54) is 0 Å². The van der Waals surface area contributed by atoms with Gasteiger partial charge < -0.3 is 14.8 Å². The Balaban J connectivity index is 2.23. The summed E-state index contributed by atoms with van der Waals surface area (Å²) in [5.41, 5.74) is 1.08. The molecule has 19 heavy (non-hydrogen) atoms. The van der Waals surface area contributed by atoms with Crippen molar-refractivity contribution in [2.24, 2.45) is 0 Å². The van der Waals surface area contributed by atoms with E-state index in [0.29, 0.717) is 0 Å². The molecule has 5 heteroatoms. The molecule has 2 rings (SSSR count). The molecule has 1 heterocycles. The van der Waals surface area contributed by atoms with Crippen molar-refractivity contribution in [1.29, 1.82) is 0 Å². The topological polar surface area (TPSA) is 43.4 Å². The van der Waals surface area contributed by atoms with Crippen molar-refractivity contribution in [3.05, 3.63) is 24.4 Å². The molecule has 1 aromatic heterocycles. The van der Waals surface area contributed by atoms with E-state index in [1.807, 2.05) is 24.4 Å². The van der Waals surface area contributed by atoms with Crippen LogP contribution in [0.5, 0.6) is 11.5 Å². The highest BCUT2D eigenvalue weighted by Crippen LogP contribution is 2.35. The number of thiazole rings is 1. The van der Waals surface area contributed by atoms with Gasteiger partial charge in [-0.2, -0.15) is 0 Å². The smallest absolute Gasteiger partial charge is 0.183 e. The van der Waals surface area contributed by atoms with Gasteiger partial charge in [-0.3, -0.25) is 0 Å². The van der Waals surface area contributed by atoms with Crippen molar-refractivity contribution in [3.63, 3.8) is 0 Å². The second kappa shape index (κ2) is 6.43. The number of benzene rings is 1. The number of nitrogens with one attached hydrogen (secondary N) is 1. The number of ether oxygens (including phenoxy) is 2. The molecule has 2 aromatic rings. The fraction of sp³-hybridized carbons (Fsp3) is 0.357. The van der Waals surface area contributed by atoms with Gasteiger partial charge in [0.2, 0.25) is 0 Å². The summed E-state index contributed by atoms with van der Waals surface area (Å²) in [6.45, 7) is 3.08. The van der Waals surface area contributed by atoms with Crippen molar-refractivity contribution in [3.8, 4) is 21.9 Å². The Bertz CT molecular complexity index is 540. The molecule has 1 aromatic carbocycles. The van der Waals surface area contributed by atoms with Crippen LogP contribution >= 0.6 is 11.3 Å². The molecule has 4 nitrogen and oxygen atoms in total. The molecule has 0 aliphatic carbocycles. The molecule has 1 N–H and O–H groups in total. The van der Waals surface area contributed by atoms with Gasteiger partial charge >= 0.3 is 0 Å². The molecule has 0 bridgehead atoms. The Labute approximate surface area is 117 Å². The van der Waals surface area contributed by atoms with Crippen molar-refractivity contribution in [2.45, 2.75) is 13.3 Å². The lowest BCUT2D eigenvalue weighted by atomic mass is 10.2. The van der Waals surface area contributed by atoms with Gasteiger partial charge in [0.05, 0.1) is 19.1 Å². The van der Waals surface area contributed by atoms with Crippen LogP contribution in [0.25, 0.3) is 10.4 Å². The third-order valence-electron chi connectivity index (χ3n) is 2.70. The monoisotopic (exact) mass is 278 g/mol. The summed E-state index contributed by atoms with van der Waals surface area (Å²) in [4.78, 5) is 5.47. The normalized spacial score (nSPS) is 10.3. The van der Waals surface area contributed by atoms with E-state index in [4.69, 9.17) is 9.47 Å². The SMILES string of the molecule is CCCNc1ncc(-c2ccc(OC)c(OC)c2)s1. The number of hydrogen-bond acceptors (Lipinski definition) is 5. The van der Waals surface area contributed by atoms with Crippen LogP contribution in [-0.2, 0) is 0 Å². The molecule has 0 atom stereocenters. The van der Waals surface area contributed by atoms with Gasteiger partial charge in [0.25, 0.3) is 0 Å². The first-order valence-electron chi connectivity index (χ1n) is 6.20. The largest absolute Gasteiger partial charge is 0.493 e. The Morgan fingerprint density at radius 3 is 2.68 bits per heavy atom. The minimum atomic E-state index is 0.733. The zero-order valence-corrected chi connectivity index (χ0v) is 12.2. The highest BCUT2D eigenvalue weighted by molar-refractivity contribution is 7.18. The van der Waals surface area contributed by atoms with Gasteiger partial charge in [0.1, 0.15) is 0 Å². The van der Waals surface area contributed by atoms with Crippen LogP contribution in [0, 0.1) is 0 Å². The highest BCUT2D eigenvalue weighted by atomic mass is 32.1. The van der Waals surface area contributed by atoms with Crippen molar-refractivity contribution >= 4 is 16.5 Å². The summed E-state index contributed by atoms with van der Waals surface area (Å²) in [6, 6.07) is 5.89. The molecule has 0 amide bonds. The average molecular weight is 278 g/mol. The Kier molecular flexibility index (Phi) is 4.63. The third kappa shape index (κ3) is 3.17. The fourth-order valence-electron chi connectivity index (χ4n) is 1.71. The van der Waals surface area contributed by atoms with Crippen molar-refractivity contribution in [2.75, 3.05) is 26.1 Å². The molecule has 0 unspecified atom stereocenters. The second-order valence-electron chi connectivity index (χ2n) is 4.03. The van der Waals surface area contributed by atoms with Gasteiger partial charge in [-0.25, -0.2) is 4.98 Å². The van der Waals surface area contributed by atoms with E-state index in [1.54, 1.807) is 25.6 Å². The van der Waals surface area contributed by atoms with Gasteiger partial charge in [0.15, 0.2) is 16.6 Å². The fourth-order valence-corrected chi connectivity index (χ4v) is 2.55. The lowest BCUT2D eigenvalue weighted by molar-refractivity contribution is 0.355. The van der Waals surface area contributed by atoms with Crippen LogP contribution in [0.15, 0.2) is 24.4 Å². The number of aromatic nitrogens is 1. The highest BCUT2D eigenvalue weighted by Gasteiger charge is 2.08. The molecule has 0 radical (unpaired) electrons. The molecule has 0 saturated carbocycles. The van der Waals surface area contributed by atoms with E-state index >= 15 is 0 Å². The molecule has 0 spiro atoms. The predicted octanol–water partition coefficient (Wildman–Crippen LogP) is 3.65. The first-order chi connectivity index (χ1) is 9.28. The first kappa shape index (κ1) is 13.7. The summed E-state index contributed by atoms with van der Waals surface area (Å²) >= 11 is 1.64. The van der Waals surface area contributed by atoms with Gasteiger partial charge in [-0.05, 0) is 30.2 Å². The Morgan fingerprint density at radius 1 is 1.21 bits per heavy atom. The molecule has 0 aliphatic rings. The van der Waals surface area contributed by atoms with Crippen LogP contribution in [0.3, 0.4) is 0 Å². The van der Waals surface area contributed by atoms with Crippen LogP contribution in [-0.4, -0.2) is 25.7 Å². The summed E-state index contributed by atoms with van der Waals surface area (Å²) < 4.78 is 10.5. The molecule has 0 saturated heterocycles. The van der Waals surface area contributed by atoms with Crippen LogP contribution in [0.1, 0.15) is 13.3 Å². The van der Waals surface area contributed by atoms with Gasteiger partial charge in [0, 0.05) is 12.7 Å². The maximum Gasteiger partial charge on any atom is 0.183 e. The molecular formula is C14H18N2O2S. The summed E-state index contributed by atoms with van der Waals surface area (Å²) in [7, 11) is 3.28. The molecule has 102 valence electrons. The number of anilines is 1. The number of hydrogen-bond donors (Lipinski definition) is 1.